The maximum atomic E-state index is 11.1. The number of H-pyrrole nitrogens is 1. The number of anilines is 1. The van der Waals surface area contributed by atoms with Crippen LogP contribution in [-0.4, -0.2) is 15.7 Å². The monoisotopic (exact) mass is 206 g/mol. The van der Waals surface area contributed by atoms with Gasteiger partial charge in [0.15, 0.2) is 0 Å². The molecule has 5 heteroatoms. The number of rotatable bonds is 3. The van der Waals surface area contributed by atoms with Crippen LogP contribution in [0.25, 0.3) is 0 Å². The van der Waals surface area contributed by atoms with Crippen molar-refractivity contribution in [2.75, 3.05) is 5.43 Å². The number of aromatic amines is 1. The molecule has 2 rings (SSSR count). The van der Waals surface area contributed by atoms with Crippen molar-refractivity contribution in [2.24, 2.45) is 11.0 Å². The lowest BCUT2D eigenvalue weighted by Crippen LogP contribution is -2.11. The second kappa shape index (κ2) is 3.84. The van der Waals surface area contributed by atoms with E-state index in [0.717, 1.165) is 5.71 Å². The highest BCUT2D eigenvalue weighted by Gasteiger charge is 2.24. The van der Waals surface area contributed by atoms with Crippen LogP contribution in [0.5, 0.6) is 0 Å². The molecule has 0 unspecified atom stereocenters. The Hall–Kier alpha value is -1.65. The number of nitrogens with zero attached hydrogens (tertiary/aromatic N) is 2. The van der Waals surface area contributed by atoms with Gasteiger partial charge in [-0.3, -0.25) is 9.78 Å². The summed E-state index contributed by atoms with van der Waals surface area (Å²) in [5.74, 6) is 1.02. The van der Waals surface area contributed by atoms with Gasteiger partial charge in [-0.2, -0.15) is 5.10 Å². The lowest BCUT2D eigenvalue weighted by molar-refractivity contribution is 1.03. The summed E-state index contributed by atoms with van der Waals surface area (Å²) < 4.78 is 0. The molecule has 0 atom stereocenters. The van der Waals surface area contributed by atoms with Gasteiger partial charge in [-0.25, -0.2) is 10.4 Å². The first-order valence-electron chi connectivity index (χ1n) is 5.03. The predicted octanol–water partition coefficient (Wildman–Crippen LogP) is 1.28. The third kappa shape index (κ3) is 2.65. The van der Waals surface area contributed by atoms with Crippen molar-refractivity contribution in [3.63, 3.8) is 0 Å². The summed E-state index contributed by atoms with van der Waals surface area (Å²) in [7, 11) is 0. The molecule has 1 aliphatic rings. The van der Waals surface area contributed by atoms with Gasteiger partial charge in [-0.05, 0) is 32.6 Å². The normalized spacial score (nSPS) is 16.5. The average Bonchev–Trinajstić information content (AvgIpc) is 2.95. The Balaban J connectivity index is 2.10. The first kappa shape index (κ1) is 9.89. The second-order valence-electron chi connectivity index (χ2n) is 3.87. The van der Waals surface area contributed by atoms with Crippen molar-refractivity contribution in [2.45, 2.75) is 26.7 Å². The van der Waals surface area contributed by atoms with Gasteiger partial charge in [-0.1, -0.05) is 0 Å². The van der Waals surface area contributed by atoms with Crippen LogP contribution >= 0.6 is 0 Å². The molecule has 0 spiro atoms. The van der Waals surface area contributed by atoms with Crippen LogP contribution < -0.4 is 11.0 Å². The summed E-state index contributed by atoms with van der Waals surface area (Å²) in [6, 6.07) is 1.45. The molecule has 0 amide bonds. The molecule has 0 saturated heterocycles. The highest BCUT2D eigenvalue weighted by Crippen LogP contribution is 2.30. The molecule has 0 bridgehead atoms. The van der Waals surface area contributed by atoms with Crippen molar-refractivity contribution in [3.8, 4) is 0 Å². The lowest BCUT2D eigenvalue weighted by atomic mass is 10.3. The minimum absolute atomic E-state index is 0.163. The van der Waals surface area contributed by atoms with E-state index in [1.807, 2.05) is 6.92 Å². The molecule has 2 N–H and O–H groups in total. The minimum Gasteiger partial charge on any atom is -0.291 e. The molecule has 15 heavy (non-hydrogen) atoms. The molecule has 5 nitrogen and oxygen atoms in total. The lowest BCUT2D eigenvalue weighted by Gasteiger charge is -2.01. The summed E-state index contributed by atoms with van der Waals surface area (Å²) in [6.07, 6.45) is 2.43. The van der Waals surface area contributed by atoms with E-state index in [-0.39, 0.29) is 5.56 Å². The van der Waals surface area contributed by atoms with Crippen molar-refractivity contribution < 1.29 is 0 Å². The molecule has 80 valence electrons. The van der Waals surface area contributed by atoms with Crippen LogP contribution in [0.15, 0.2) is 16.0 Å². The molecule has 1 heterocycles. The van der Waals surface area contributed by atoms with Crippen LogP contribution in [-0.2, 0) is 0 Å². The predicted molar refractivity (Wildman–Crippen MR) is 59.1 cm³/mol. The molecule has 0 aromatic carbocycles. The Kier molecular flexibility index (Phi) is 2.53. The summed E-state index contributed by atoms with van der Waals surface area (Å²) in [6.45, 7) is 3.76. The molecule has 1 fully saturated rings. The number of aromatic nitrogens is 2. The number of hydrogen-bond donors (Lipinski definition) is 2. The van der Waals surface area contributed by atoms with Gasteiger partial charge in [0, 0.05) is 17.5 Å². The maximum absolute atomic E-state index is 11.1. The van der Waals surface area contributed by atoms with Gasteiger partial charge < -0.3 is 0 Å². The third-order valence-electron chi connectivity index (χ3n) is 2.38. The van der Waals surface area contributed by atoms with E-state index in [2.05, 4.69) is 20.5 Å². The van der Waals surface area contributed by atoms with E-state index in [1.165, 1.54) is 18.9 Å². The summed E-state index contributed by atoms with van der Waals surface area (Å²) >= 11 is 0. The van der Waals surface area contributed by atoms with Crippen molar-refractivity contribution >= 4 is 11.7 Å². The highest BCUT2D eigenvalue weighted by atomic mass is 16.1. The zero-order valence-corrected chi connectivity index (χ0v) is 8.87. The van der Waals surface area contributed by atoms with Gasteiger partial charge in [-0.15, -0.1) is 0 Å². The Morgan fingerprint density at radius 3 is 3.00 bits per heavy atom. The average molecular weight is 206 g/mol. The van der Waals surface area contributed by atoms with E-state index < -0.39 is 0 Å². The Morgan fingerprint density at radius 1 is 1.67 bits per heavy atom. The SMILES string of the molecule is C/C(=N/Nc1nc(C)cc(=O)[nH]1)C1CC1. The van der Waals surface area contributed by atoms with E-state index in [1.54, 1.807) is 6.92 Å². The van der Waals surface area contributed by atoms with E-state index in [9.17, 15) is 4.79 Å². The standard InChI is InChI=1S/C10H14N4O/c1-6-5-9(15)12-10(11-6)14-13-7(2)8-3-4-8/h5,8H,3-4H2,1-2H3,(H2,11,12,14,15)/b13-7-. The summed E-state index contributed by atoms with van der Waals surface area (Å²) in [4.78, 5) is 17.8. The first-order valence-corrected chi connectivity index (χ1v) is 5.03. The third-order valence-corrected chi connectivity index (χ3v) is 2.38. The van der Waals surface area contributed by atoms with E-state index in [4.69, 9.17) is 0 Å². The molecule has 1 saturated carbocycles. The highest BCUT2D eigenvalue weighted by molar-refractivity contribution is 5.86. The largest absolute Gasteiger partial charge is 0.291 e. The van der Waals surface area contributed by atoms with E-state index >= 15 is 0 Å². The summed E-state index contributed by atoms with van der Waals surface area (Å²) in [5, 5.41) is 4.17. The first-order chi connectivity index (χ1) is 7.15. The topological polar surface area (TPSA) is 70.1 Å². The van der Waals surface area contributed by atoms with Crippen molar-refractivity contribution in [3.05, 3.63) is 22.1 Å². The van der Waals surface area contributed by atoms with Crippen LogP contribution in [0.1, 0.15) is 25.5 Å². The van der Waals surface area contributed by atoms with Crippen LogP contribution in [0.2, 0.25) is 0 Å². The molecule has 1 aliphatic carbocycles. The molecule has 0 radical (unpaired) electrons. The van der Waals surface area contributed by atoms with Gasteiger partial charge in [0.05, 0.1) is 0 Å². The summed E-state index contributed by atoms with van der Waals surface area (Å²) in [5.41, 5.74) is 4.36. The fourth-order valence-corrected chi connectivity index (χ4v) is 1.37. The molecule has 1 aromatic rings. The van der Waals surface area contributed by atoms with Gasteiger partial charge in [0.2, 0.25) is 5.95 Å². The Bertz CT molecular complexity index is 445. The fourth-order valence-electron chi connectivity index (χ4n) is 1.37. The van der Waals surface area contributed by atoms with Crippen molar-refractivity contribution in [1.29, 1.82) is 0 Å². The molecule has 1 aromatic heterocycles. The van der Waals surface area contributed by atoms with Crippen LogP contribution in [0.4, 0.5) is 5.95 Å². The quantitative estimate of drug-likeness (QED) is 0.578. The molecular formula is C10H14N4O. The number of hydrazone groups is 1. The Labute approximate surface area is 87.6 Å². The maximum Gasteiger partial charge on any atom is 0.252 e. The number of nitrogens with one attached hydrogen (secondary N) is 2. The van der Waals surface area contributed by atoms with Gasteiger partial charge >= 0.3 is 0 Å². The molecule has 0 aliphatic heterocycles. The van der Waals surface area contributed by atoms with Gasteiger partial charge in [0.1, 0.15) is 0 Å². The van der Waals surface area contributed by atoms with Crippen molar-refractivity contribution in [1.82, 2.24) is 9.97 Å². The minimum atomic E-state index is -0.163. The van der Waals surface area contributed by atoms with Gasteiger partial charge in [0.25, 0.3) is 5.56 Å². The zero-order valence-electron chi connectivity index (χ0n) is 8.87. The fraction of sp³-hybridized carbons (Fsp3) is 0.500. The van der Waals surface area contributed by atoms with Crippen LogP contribution in [0.3, 0.4) is 0 Å². The second-order valence-corrected chi connectivity index (χ2v) is 3.87. The molecular weight excluding hydrogens is 192 g/mol. The van der Waals surface area contributed by atoms with E-state index in [0.29, 0.717) is 17.6 Å². The smallest absolute Gasteiger partial charge is 0.252 e. The number of aryl methyl sites for hydroxylation is 1. The Morgan fingerprint density at radius 2 is 2.40 bits per heavy atom. The number of hydrogen-bond acceptors (Lipinski definition) is 4. The van der Waals surface area contributed by atoms with Crippen LogP contribution in [0, 0.1) is 12.8 Å². The zero-order chi connectivity index (χ0) is 10.8.